The number of hydrogen-bond donors (Lipinski definition) is 31. The molecule has 109 heavy (non-hydrogen) atoms. The van der Waals surface area contributed by atoms with Gasteiger partial charge in [0.25, 0.3) is 0 Å². The largest absolute Gasteiger partial charge is 0.394 e. The van der Waals surface area contributed by atoms with Crippen molar-refractivity contribution in [3.05, 3.63) is 0 Å². The molecule has 0 aromatic rings. The minimum atomic E-state index is -2.40. The van der Waals surface area contributed by atoms with Gasteiger partial charge in [-0.15, -0.1) is 0 Å². The van der Waals surface area contributed by atoms with Crippen molar-refractivity contribution in [1.29, 1.82) is 0 Å². The van der Waals surface area contributed by atoms with Gasteiger partial charge < -0.3 is 244 Å². The molecule has 9 rings (SSSR count). The van der Waals surface area contributed by atoms with Crippen LogP contribution >= 0.6 is 0 Å². The Morgan fingerprint density at radius 1 is 0.239 bits per heavy atom. The standard InChI is InChI=1S/C60H104O49/c1-12(70)23(72)43(14(71)3-61)101-55-37(86)32(81)45(19(8-66)96-55)105-60-51(109-54-36(85)30(79)27(76)17(6-64)95-54)41(90)48(22(11-69)100-60)104-56-38(87)31(80)44(18(7-65)97-56)102-58-42(91)49(24(73)13(2)92-58)107-57-39(88)33(82)46(20(9-67)98-57)106-59-50(108-53-35(84)29(78)26(75)16(5-63)94-53)40(89)47(21(10-68)99-59)103-52-34(83)28(77)25(74)15(4-62)93-52/h12-91H,3-11H2,1-2H3. The maximum atomic E-state index is 12.3. The Morgan fingerprint density at radius 3 is 0.780 bits per heavy atom. The molecule has 0 saturated carbocycles. The smallest absolute Gasteiger partial charge is 0.187 e. The molecule has 31 N–H and O–H groups in total. The van der Waals surface area contributed by atoms with E-state index in [-0.39, 0.29) is 0 Å². The van der Waals surface area contributed by atoms with Gasteiger partial charge in [-0.3, -0.25) is 0 Å². The second-order valence-electron chi connectivity index (χ2n) is 27.7. The first kappa shape index (κ1) is 90.9. The van der Waals surface area contributed by atoms with Gasteiger partial charge >= 0.3 is 0 Å². The molecule has 9 saturated heterocycles. The van der Waals surface area contributed by atoms with Crippen molar-refractivity contribution in [3.8, 4) is 0 Å². The van der Waals surface area contributed by atoms with Gasteiger partial charge in [-0.25, -0.2) is 0 Å². The summed E-state index contributed by atoms with van der Waals surface area (Å²) in [6, 6.07) is 0. The first-order valence-corrected chi connectivity index (χ1v) is 34.8. The molecule has 49 unspecified atom stereocenters. The number of hydrogen-bond acceptors (Lipinski definition) is 49. The maximum Gasteiger partial charge on any atom is 0.187 e. The second-order valence-corrected chi connectivity index (χ2v) is 27.7. The quantitative estimate of drug-likeness (QED) is 0.0318. The van der Waals surface area contributed by atoms with E-state index < -0.39 is 360 Å². The van der Waals surface area contributed by atoms with Crippen molar-refractivity contribution in [3.63, 3.8) is 0 Å². The van der Waals surface area contributed by atoms with Crippen LogP contribution in [0.3, 0.4) is 0 Å². The van der Waals surface area contributed by atoms with Crippen molar-refractivity contribution >= 4 is 0 Å². The van der Waals surface area contributed by atoms with Gasteiger partial charge in [-0.05, 0) is 13.8 Å². The summed E-state index contributed by atoms with van der Waals surface area (Å²) in [7, 11) is 0. The zero-order chi connectivity index (χ0) is 80.4. The first-order valence-electron chi connectivity index (χ1n) is 34.8. The van der Waals surface area contributed by atoms with Gasteiger partial charge in [0.15, 0.2) is 56.6 Å². The average Bonchev–Trinajstić information content (AvgIpc) is 0.770. The summed E-state index contributed by atoms with van der Waals surface area (Å²) in [5.41, 5.74) is 0. The SMILES string of the molecule is CC(O)C(O)C(OC1OC(CO)C(OC2OC(CO)C(OC3OC(CO)C(OC4OC(C)C(O)C(OC5OC(CO)C(OC6OC(CO)C(OC7OC(CO)C(O)C(O)C7O)C(O)C6OC6OC(CO)C(O)C(O)C6O)C(O)C5O)C4O)C(O)C3O)C(O)C2OC2OC(CO)C(O)C(O)C2O)C(O)C1O)C(O)CO. The van der Waals surface area contributed by atoms with Gasteiger partial charge in [0.05, 0.1) is 71.7 Å². The molecule has 0 aromatic carbocycles. The molecule has 49 atom stereocenters. The van der Waals surface area contributed by atoms with Crippen molar-refractivity contribution in [2.24, 2.45) is 0 Å². The van der Waals surface area contributed by atoms with Crippen LogP contribution in [-0.2, 0) is 85.3 Å². The predicted molar refractivity (Wildman–Crippen MR) is 329 cm³/mol. The molecule has 0 aromatic heterocycles. The molecule has 0 aliphatic carbocycles. The van der Waals surface area contributed by atoms with Crippen LogP contribution in [0.25, 0.3) is 0 Å². The summed E-state index contributed by atoms with van der Waals surface area (Å²) >= 11 is 0. The maximum absolute atomic E-state index is 12.3. The van der Waals surface area contributed by atoms with Gasteiger partial charge in [0.1, 0.15) is 232 Å². The predicted octanol–water partition coefficient (Wildman–Crippen LogP) is -21.1. The minimum absolute atomic E-state index is 0.948. The lowest BCUT2D eigenvalue weighted by atomic mass is 9.94. The number of aliphatic hydroxyl groups is 31. The summed E-state index contributed by atoms with van der Waals surface area (Å²) in [5.74, 6) is 0. The Hall–Kier alpha value is -1.96. The third-order valence-electron chi connectivity index (χ3n) is 20.4. The molecule has 0 amide bonds. The number of ether oxygens (including phenoxy) is 18. The van der Waals surface area contributed by atoms with Crippen LogP contribution < -0.4 is 0 Å². The summed E-state index contributed by atoms with van der Waals surface area (Å²) in [6.07, 6.45) is -101. The highest BCUT2D eigenvalue weighted by Crippen LogP contribution is 2.41. The first-order chi connectivity index (χ1) is 51.6. The Kier molecular flexibility index (Phi) is 33.0. The third-order valence-corrected chi connectivity index (χ3v) is 20.4. The van der Waals surface area contributed by atoms with Crippen LogP contribution in [0, 0.1) is 0 Å². The summed E-state index contributed by atoms with van der Waals surface area (Å²) in [6.45, 7) is -7.63. The Morgan fingerprint density at radius 2 is 0.477 bits per heavy atom. The van der Waals surface area contributed by atoms with Crippen molar-refractivity contribution in [1.82, 2.24) is 0 Å². The molecular weight excluding hydrogens is 1500 g/mol. The summed E-state index contributed by atoms with van der Waals surface area (Å²) < 4.78 is 104. The molecule has 9 aliphatic heterocycles. The molecule has 49 heteroatoms. The highest BCUT2D eigenvalue weighted by Gasteiger charge is 2.61. The van der Waals surface area contributed by atoms with E-state index in [0.717, 1.165) is 6.92 Å². The van der Waals surface area contributed by atoms with Gasteiger partial charge in [0, 0.05) is 0 Å². The monoisotopic (exact) mass is 1610 g/mol. The van der Waals surface area contributed by atoms with Crippen LogP contribution in [0.2, 0.25) is 0 Å². The zero-order valence-corrected chi connectivity index (χ0v) is 57.9. The fourth-order valence-electron chi connectivity index (χ4n) is 13.9. The minimum Gasteiger partial charge on any atom is -0.394 e. The molecule has 638 valence electrons. The number of aliphatic hydroxyl groups excluding tert-OH is 31. The summed E-state index contributed by atoms with van der Waals surface area (Å²) in [5, 5.41) is 337. The molecule has 9 fully saturated rings. The van der Waals surface area contributed by atoms with Crippen LogP contribution in [0.15, 0.2) is 0 Å². The normalized spacial score (nSPS) is 51.4. The Balaban J connectivity index is 0.893. The van der Waals surface area contributed by atoms with Crippen LogP contribution in [-0.4, -0.2) is 519 Å². The third kappa shape index (κ3) is 19.3. The number of rotatable bonds is 30. The molecule has 0 spiro atoms. The van der Waals surface area contributed by atoms with Gasteiger partial charge in [-0.1, -0.05) is 0 Å². The molecule has 0 radical (unpaired) electrons. The van der Waals surface area contributed by atoms with E-state index in [2.05, 4.69) is 0 Å². The fourth-order valence-corrected chi connectivity index (χ4v) is 13.9. The van der Waals surface area contributed by atoms with Crippen LogP contribution in [0.1, 0.15) is 13.8 Å². The van der Waals surface area contributed by atoms with E-state index in [1.165, 1.54) is 6.92 Å². The van der Waals surface area contributed by atoms with Crippen molar-refractivity contribution < 1.29 is 244 Å². The van der Waals surface area contributed by atoms with E-state index in [1.807, 2.05) is 0 Å². The highest BCUT2D eigenvalue weighted by atomic mass is 16.8. The van der Waals surface area contributed by atoms with E-state index in [9.17, 15) is 158 Å². The lowest BCUT2D eigenvalue weighted by Gasteiger charge is -2.51. The summed E-state index contributed by atoms with van der Waals surface area (Å²) in [4.78, 5) is 0. The van der Waals surface area contributed by atoms with E-state index in [0.29, 0.717) is 0 Å². The highest BCUT2D eigenvalue weighted by molar-refractivity contribution is 5.03. The zero-order valence-electron chi connectivity index (χ0n) is 57.9. The lowest BCUT2D eigenvalue weighted by molar-refractivity contribution is -0.410. The van der Waals surface area contributed by atoms with E-state index in [1.54, 1.807) is 0 Å². The Labute approximate surface area is 616 Å². The van der Waals surface area contributed by atoms with Crippen LogP contribution in [0.4, 0.5) is 0 Å². The van der Waals surface area contributed by atoms with E-state index in [4.69, 9.17) is 85.3 Å². The molecule has 0 bridgehead atoms. The Bertz CT molecular complexity index is 2680. The molecule has 49 nitrogen and oxygen atoms in total. The van der Waals surface area contributed by atoms with Crippen molar-refractivity contribution in [2.45, 2.75) is 315 Å². The van der Waals surface area contributed by atoms with Crippen LogP contribution in [0.5, 0.6) is 0 Å². The molecule has 9 aliphatic rings. The topological polar surface area (TPSA) is 793 Å². The van der Waals surface area contributed by atoms with Gasteiger partial charge in [0.2, 0.25) is 0 Å². The fraction of sp³-hybridized carbons (Fsp3) is 1.00. The van der Waals surface area contributed by atoms with Gasteiger partial charge in [-0.2, -0.15) is 0 Å². The lowest BCUT2D eigenvalue weighted by Crippen LogP contribution is -2.69. The average molecular weight is 1610 g/mol. The molecule has 9 heterocycles. The molecular formula is C60H104O49. The van der Waals surface area contributed by atoms with E-state index >= 15 is 0 Å². The second kappa shape index (κ2) is 39.5. The van der Waals surface area contributed by atoms with Crippen molar-refractivity contribution in [2.75, 3.05) is 59.5 Å².